The summed E-state index contributed by atoms with van der Waals surface area (Å²) in [7, 11) is 0. The molecule has 0 fully saturated rings. The number of aromatic nitrogens is 1. The number of hydrogen-bond acceptors (Lipinski definition) is 2. The summed E-state index contributed by atoms with van der Waals surface area (Å²) in [6, 6.07) is 5.53. The van der Waals surface area contributed by atoms with Crippen molar-refractivity contribution in [1.29, 1.82) is 0 Å². The van der Waals surface area contributed by atoms with Gasteiger partial charge in [0.25, 0.3) is 0 Å². The van der Waals surface area contributed by atoms with Crippen LogP contribution < -0.4 is 5.73 Å². The minimum Gasteiger partial charge on any atom is -0.388 e. The van der Waals surface area contributed by atoms with Crippen molar-refractivity contribution in [2.75, 3.05) is 0 Å². The zero-order chi connectivity index (χ0) is 11.0. The van der Waals surface area contributed by atoms with Crippen LogP contribution >= 0.6 is 39.7 Å². The maximum atomic E-state index is 5.92. The first kappa shape index (κ1) is 10.8. The highest BCUT2D eigenvalue weighted by Crippen LogP contribution is 2.27. The number of nitrogens with zero attached hydrogens (tertiary/aromatic N) is 1. The van der Waals surface area contributed by atoms with Crippen LogP contribution in [-0.4, -0.2) is 9.97 Å². The lowest BCUT2D eigenvalue weighted by molar-refractivity contribution is 1.31. The highest BCUT2D eigenvalue weighted by molar-refractivity contribution is 9.10. The van der Waals surface area contributed by atoms with Gasteiger partial charge in [0.1, 0.15) is 10.7 Å². The Balaban J connectivity index is 2.90. The number of hydrogen-bond donors (Lipinski definition) is 1. The van der Waals surface area contributed by atoms with Gasteiger partial charge >= 0.3 is 0 Å². The Kier molecular flexibility index (Phi) is 2.91. The fourth-order valence-electron chi connectivity index (χ4n) is 1.38. The molecule has 0 radical (unpaired) electrons. The van der Waals surface area contributed by atoms with Crippen molar-refractivity contribution in [2.45, 2.75) is 0 Å². The summed E-state index contributed by atoms with van der Waals surface area (Å²) >= 11 is 14.3. The molecule has 2 rings (SSSR count). The summed E-state index contributed by atoms with van der Waals surface area (Å²) in [5.41, 5.74) is 6.19. The van der Waals surface area contributed by atoms with Gasteiger partial charge in [-0.15, -0.1) is 0 Å². The van der Waals surface area contributed by atoms with Crippen LogP contribution in [0.2, 0.25) is 5.02 Å². The summed E-state index contributed by atoms with van der Waals surface area (Å²) in [5.74, 6) is 0. The number of halogens is 2. The van der Waals surface area contributed by atoms with Gasteiger partial charge in [-0.25, -0.2) is 0 Å². The predicted octanol–water partition coefficient (Wildman–Crippen LogP) is 3.28. The third kappa shape index (κ3) is 1.97. The van der Waals surface area contributed by atoms with E-state index in [-0.39, 0.29) is 4.99 Å². The number of rotatable bonds is 1. The third-order valence-corrected chi connectivity index (χ3v) is 3.09. The Bertz CT molecular complexity index is 556. The quantitative estimate of drug-likeness (QED) is 0.822. The lowest BCUT2D eigenvalue weighted by Crippen LogP contribution is -2.12. The summed E-state index contributed by atoms with van der Waals surface area (Å²) in [5, 5.41) is 2.50. The molecule has 0 spiro atoms. The molecule has 2 aromatic rings. The molecule has 1 heterocycles. The van der Waals surface area contributed by atoms with E-state index in [4.69, 9.17) is 29.6 Å². The van der Waals surface area contributed by atoms with Gasteiger partial charge in [-0.3, -0.25) is 4.98 Å². The molecule has 2 N–H and O–H groups in total. The smallest absolute Gasteiger partial charge is 0.123 e. The van der Waals surface area contributed by atoms with Gasteiger partial charge in [-0.1, -0.05) is 29.9 Å². The van der Waals surface area contributed by atoms with Crippen molar-refractivity contribution in [2.24, 2.45) is 5.73 Å². The zero-order valence-corrected chi connectivity index (χ0v) is 10.7. The van der Waals surface area contributed by atoms with Crippen molar-refractivity contribution in [1.82, 2.24) is 4.98 Å². The summed E-state index contributed by atoms with van der Waals surface area (Å²) in [6.07, 6.45) is 1.69. The highest BCUT2D eigenvalue weighted by Gasteiger charge is 2.08. The molecule has 0 unspecified atom stereocenters. The lowest BCUT2D eigenvalue weighted by atomic mass is 10.1. The molecule has 0 bridgehead atoms. The molecule has 1 aromatic heterocycles. The Morgan fingerprint density at radius 2 is 2.13 bits per heavy atom. The van der Waals surface area contributed by atoms with E-state index >= 15 is 0 Å². The molecule has 0 saturated carbocycles. The van der Waals surface area contributed by atoms with E-state index in [9.17, 15) is 0 Å². The SMILES string of the molecule is NC(=S)c1ncc(Br)c2ccc(Cl)cc12. The van der Waals surface area contributed by atoms with E-state index in [0.29, 0.717) is 10.7 Å². The predicted molar refractivity (Wildman–Crippen MR) is 70.3 cm³/mol. The van der Waals surface area contributed by atoms with E-state index in [1.54, 1.807) is 6.20 Å². The summed E-state index contributed by atoms with van der Waals surface area (Å²) in [6.45, 7) is 0. The number of benzene rings is 1. The topological polar surface area (TPSA) is 38.9 Å². The molecule has 0 aliphatic heterocycles. The number of nitrogens with two attached hydrogens (primary N) is 1. The Labute approximate surface area is 106 Å². The van der Waals surface area contributed by atoms with Gasteiger partial charge in [0, 0.05) is 21.1 Å². The average Bonchev–Trinajstić information content (AvgIpc) is 2.17. The van der Waals surface area contributed by atoms with Gasteiger partial charge in [-0.05, 0) is 33.4 Å². The minimum atomic E-state index is 0.273. The maximum absolute atomic E-state index is 5.92. The summed E-state index contributed by atoms with van der Waals surface area (Å²) in [4.78, 5) is 4.45. The maximum Gasteiger partial charge on any atom is 0.123 e. The molecule has 0 saturated heterocycles. The highest BCUT2D eigenvalue weighted by atomic mass is 79.9. The largest absolute Gasteiger partial charge is 0.388 e. The molecule has 15 heavy (non-hydrogen) atoms. The molecule has 0 amide bonds. The lowest BCUT2D eigenvalue weighted by Gasteiger charge is -2.05. The zero-order valence-electron chi connectivity index (χ0n) is 7.50. The van der Waals surface area contributed by atoms with Crippen molar-refractivity contribution in [3.8, 4) is 0 Å². The van der Waals surface area contributed by atoms with E-state index in [0.717, 1.165) is 15.2 Å². The molecule has 0 aliphatic rings. The second kappa shape index (κ2) is 4.04. The van der Waals surface area contributed by atoms with Crippen LogP contribution in [0.25, 0.3) is 10.8 Å². The van der Waals surface area contributed by atoms with Crippen LogP contribution in [0.15, 0.2) is 28.9 Å². The number of thiocarbonyl (C=S) groups is 1. The fraction of sp³-hybridized carbons (Fsp3) is 0. The van der Waals surface area contributed by atoms with Crippen LogP contribution in [0.3, 0.4) is 0 Å². The summed E-state index contributed by atoms with van der Waals surface area (Å²) < 4.78 is 0.897. The van der Waals surface area contributed by atoms with Gasteiger partial charge in [-0.2, -0.15) is 0 Å². The average molecular weight is 302 g/mol. The third-order valence-electron chi connectivity index (χ3n) is 2.03. The minimum absolute atomic E-state index is 0.273. The van der Waals surface area contributed by atoms with Crippen LogP contribution in [0.1, 0.15) is 5.69 Å². The van der Waals surface area contributed by atoms with E-state index in [1.165, 1.54) is 0 Å². The van der Waals surface area contributed by atoms with Crippen molar-refractivity contribution >= 4 is 55.5 Å². The van der Waals surface area contributed by atoms with Crippen LogP contribution in [0.5, 0.6) is 0 Å². The second-order valence-corrected chi connectivity index (χ2v) is 4.74. The Morgan fingerprint density at radius 1 is 1.40 bits per heavy atom. The molecule has 2 nitrogen and oxygen atoms in total. The van der Waals surface area contributed by atoms with Crippen molar-refractivity contribution in [3.05, 3.63) is 39.6 Å². The van der Waals surface area contributed by atoms with E-state index in [1.807, 2.05) is 18.2 Å². The van der Waals surface area contributed by atoms with Crippen molar-refractivity contribution in [3.63, 3.8) is 0 Å². The fourth-order valence-corrected chi connectivity index (χ4v) is 2.16. The number of fused-ring (bicyclic) bond motifs is 1. The Morgan fingerprint density at radius 3 is 2.80 bits per heavy atom. The molecule has 0 atom stereocenters. The molecular formula is C10H6BrClN2S. The molecule has 76 valence electrons. The van der Waals surface area contributed by atoms with E-state index in [2.05, 4.69) is 20.9 Å². The first-order valence-corrected chi connectivity index (χ1v) is 5.71. The number of pyridine rings is 1. The second-order valence-electron chi connectivity index (χ2n) is 3.01. The van der Waals surface area contributed by atoms with Crippen LogP contribution in [0, 0.1) is 0 Å². The first-order chi connectivity index (χ1) is 7.09. The molecule has 0 aliphatic carbocycles. The van der Waals surface area contributed by atoms with Crippen molar-refractivity contribution < 1.29 is 0 Å². The van der Waals surface area contributed by atoms with Crippen LogP contribution in [-0.2, 0) is 0 Å². The molecule has 1 aromatic carbocycles. The van der Waals surface area contributed by atoms with Gasteiger partial charge < -0.3 is 5.73 Å². The Hall–Kier alpha value is -0.710. The van der Waals surface area contributed by atoms with E-state index < -0.39 is 0 Å². The molecule has 5 heteroatoms. The first-order valence-electron chi connectivity index (χ1n) is 4.13. The van der Waals surface area contributed by atoms with Gasteiger partial charge in [0.05, 0.1) is 0 Å². The molecular weight excluding hydrogens is 296 g/mol. The standard InChI is InChI=1S/C10H6BrClN2S/c11-8-4-14-9(10(13)15)7-3-5(12)1-2-6(7)8/h1-4H,(H2,13,15). The van der Waals surface area contributed by atoms with Crippen LogP contribution in [0.4, 0.5) is 0 Å². The normalized spacial score (nSPS) is 10.5. The van der Waals surface area contributed by atoms with Gasteiger partial charge in [0.2, 0.25) is 0 Å². The monoisotopic (exact) mass is 300 g/mol. The van der Waals surface area contributed by atoms with Gasteiger partial charge in [0.15, 0.2) is 0 Å².